The van der Waals surface area contributed by atoms with E-state index in [-0.39, 0.29) is 18.7 Å². The summed E-state index contributed by atoms with van der Waals surface area (Å²) < 4.78 is 6.81. The lowest BCUT2D eigenvalue weighted by Gasteiger charge is -2.13. The minimum Gasteiger partial charge on any atom is -0.491 e. The highest BCUT2D eigenvalue weighted by Crippen LogP contribution is 2.22. The molecule has 1 unspecified atom stereocenters. The number of rotatable bonds is 6. The van der Waals surface area contributed by atoms with Crippen LogP contribution in [0.25, 0.3) is 22.0 Å². The Labute approximate surface area is 161 Å². The molecule has 0 aliphatic rings. The minimum absolute atomic E-state index is 0.0127. The molecule has 1 atom stereocenters. The zero-order chi connectivity index (χ0) is 19.3. The molecule has 0 spiro atoms. The van der Waals surface area contributed by atoms with Crippen molar-refractivity contribution in [1.29, 1.82) is 0 Å². The van der Waals surface area contributed by atoms with Gasteiger partial charge in [-0.05, 0) is 35.4 Å². The Morgan fingerprint density at radius 3 is 2.36 bits per heavy atom. The van der Waals surface area contributed by atoms with Gasteiger partial charge in [0.25, 0.3) is 5.56 Å². The summed E-state index contributed by atoms with van der Waals surface area (Å²) >= 11 is 0. The van der Waals surface area contributed by atoms with Crippen LogP contribution in [0.15, 0.2) is 83.7 Å². The normalized spacial score (nSPS) is 12.0. The maximum atomic E-state index is 12.4. The van der Waals surface area contributed by atoms with Gasteiger partial charge in [-0.2, -0.15) is 0 Å². The first-order valence-corrected chi connectivity index (χ1v) is 8.99. The van der Waals surface area contributed by atoms with Crippen LogP contribution in [0.1, 0.15) is 0 Å². The van der Waals surface area contributed by atoms with E-state index in [1.165, 1.54) is 0 Å². The van der Waals surface area contributed by atoms with Gasteiger partial charge < -0.3 is 9.84 Å². The van der Waals surface area contributed by atoms with Crippen molar-refractivity contribution in [2.45, 2.75) is 12.6 Å². The fourth-order valence-corrected chi connectivity index (χ4v) is 2.96. The van der Waals surface area contributed by atoms with E-state index in [1.807, 2.05) is 54.6 Å². The highest BCUT2D eigenvalue weighted by atomic mass is 16.5. The molecule has 1 N–H and O–H groups in total. The van der Waals surface area contributed by atoms with E-state index in [9.17, 15) is 9.90 Å². The second kappa shape index (κ2) is 8.02. The van der Waals surface area contributed by atoms with Gasteiger partial charge >= 0.3 is 0 Å². The van der Waals surface area contributed by atoms with Gasteiger partial charge in [-0.15, -0.1) is 5.10 Å². The minimum atomic E-state index is -0.887. The van der Waals surface area contributed by atoms with Gasteiger partial charge in [-0.3, -0.25) is 4.79 Å². The van der Waals surface area contributed by atoms with Crippen LogP contribution in [-0.4, -0.2) is 32.8 Å². The molecule has 0 fully saturated rings. The van der Waals surface area contributed by atoms with E-state index in [0.29, 0.717) is 16.7 Å². The summed E-state index contributed by atoms with van der Waals surface area (Å²) in [5.74, 6) is 0.649. The van der Waals surface area contributed by atoms with Crippen molar-refractivity contribution in [1.82, 2.24) is 15.0 Å². The molecule has 0 amide bonds. The lowest BCUT2D eigenvalue weighted by molar-refractivity contribution is 0.0873. The Bertz CT molecular complexity index is 1130. The third-order valence-electron chi connectivity index (χ3n) is 4.42. The van der Waals surface area contributed by atoms with Gasteiger partial charge in [-0.1, -0.05) is 59.8 Å². The molecule has 0 aliphatic carbocycles. The average Bonchev–Trinajstić information content (AvgIpc) is 2.75. The van der Waals surface area contributed by atoms with E-state index in [4.69, 9.17) is 4.74 Å². The van der Waals surface area contributed by atoms with E-state index in [0.717, 1.165) is 15.8 Å². The molecule has 6 nitrogen and oxygen atoms in total. The third-order valence-corrected chi connectivity index (χ3v) is 4.42. The van der Waals surface area contributed by atoms with Crippen LogP contribution in [0.2, 0.25) is 0 Å². The maximum Gasteiger partial charge on any atom is 0.277 e. The zero-order valence-corrected chi connectivity index (χ0v) is 15.1. The summed E-state index contributed by atoms with van der Waals surface area (Å²) in [5.41, 5.74) is 2.47. The third kappa shape index (κ3) is 3.92. The Balaban J connectivity index is 1.39. The van der Waals surface area contributed by atoms with Gasteiger partial charge in [0.2, 0.25) is 0 Å². The number of hydrogen-bond acceptors (Lipinski definition) is 5. The molecule has 0 saturated carbocycles. The van der Waals surface area contributed by atoms with Crippen LogP contribution in [-0.2, 0) is 6.54 Å². The van der Waals surface area contributed by atoms with Crippen molar-refractivity contribution >= 4 is 10.9 Å². The van der Waals surface area contributed by atoms with Crippen LogP contribution < -0.4 is 10.3 Å². The van der Waals surface area contributed by atoms with Crippen LogP contribution in [0, 0.1) is 0 Å². The van der Waals surface area contributed by atoms with Gasteiger partial charge in [0.1, 0.15) is 24.0 Å². The van der Waals surface area contributed by atoms with Crippen molar-refractivity contribution in [3.05, 3.63) is 89.2 Å². The highest BCUT2D eigenvalue weighted by molar-refractivity contribution is 5.76. The van der Waals surface area contributed by atoms with Gasteiger partial charge in [-0.25, -0.2) is 4.68 Å². The molecule has 0 aliphatic heterocycles. The van der Waals surface area contributed by atoms with Crippen LogP contribution in [0.4, 0.5) is 0 Å². The molecule has 0 saturated heterocycles. The molecule has 4 rings (SSSR count). The molecule has 1 aromatic heterocycles. The predicted octanol–water partition coefficient (Wildman–Crippen LogP) is 2.90. The molecule has 0 bridgehead atoms. The largest absolute Gasteiger partial charge is 0.491 e. The van der Waals surface area contributed by atoms with Crippen LogP contribution >= 0.6 is 0 Å². The van der Waals surface area contributed by atoms with Crippen molar-refractivity contribution < 1.29 is 9.84 Å². The van der Waals surface area contributed by atoms with E-state index in [2.05, 4.69) is 10.3 Å². The number of aromatic nitrogens is 3. The Morgan fingerprint density at radius 1 is 0.893 bits per heavy atom. The predicted molar refractivity (Wildman–Crippen MR) is 107 cm³/mol. The lowest BCUT2D eigenvalue weighted by Crippen LogP contribution is -2.32. The molecule has 1 heterocycles. The monoisotopic (exact) mass is 373 g/mol. The Hall–Kier alpha value is -3.51. The van der Waals surface area contributed by atoms with E-state index < -0.39 is 6.10 Å². The van der Waals surface area contributed by atoms with Crippen LogP contribution in [0.5, 0.6) is 5.75 Å². The zero-order valence-electron chi connectivity index (χ0n) is 15.1. The number of aliphatic hydroxyl groups excluding tert-OH is 1. The second-order valence-electron chi connectivity index (χ2n) is 6.45. The summed E-state index contributed by atoms with van der Waals surface area (Å²) in [6.07, 6.45) is -0.887. The Morgan fingerprint density at radius 2 is 1.57 bits per heavy atom. The van der Waals surface area contributed by atoms with Crippen molar-refractivity contribution in [3.8, 4) is 16.9 Å². The van der Waals surface area contributed by atoms with Crippen molar-refractivity contribution in [3.63, 3.8) is 0 Å². The standard InChI is InChI=1S/C22H19N3O3/c26-18(14-25-22(27)20-8-4-5-9-21(20)23-24-25)15-28-19-12-10-17(11-13-19)16-6-2-1-3-7-16/h1-13,18,26H,14-15H2. The average molecular weight is 373 g/mol. The topological polar surface area (TPSA) is 77.2 Å². The first-order chi connectivity index (χ1) is 13.7. The smallest absolute Gasteiger partial charge is 0.277 e. The maximum absolute atomic E-state index is 12.4. The van der Waals surface area contributed by atoms with Gasteiger partial charge in [0.15, 0.2) is 0 Å². The van der Waals surface area contributed by atoms with Crippen molar-refractivity contribution in [2.24, 2.45) is 0 Å². The number of nitrogens with zero attached hydrogens (tertiary/aromatic N) is 3. The first-order valence-electron chi connectivity index (χ1n) is 8.99. The number of fused-ring (bicyclic) bond motifs is 1. The summed E-state index contributed by atoms with van der Waals surface area (Å²) in [6.45, 7) is 0.0599. The summed E-state index contributed by atoms with van der Waals surface area (Å²) in [5, 5.41) is 18.6. The molecule has 0 radical (unpaired) electrons. The van der Waals surface area contributed by atoms with Gasteiger partial charge in [0, 0.05) is 0 Å². The van der Waals surface area contributed by atoms with E-state index >= 15 is 0 Å². The first kappa shape index (κ1) is 17.9. The molecule has 3 aromatic carbocycles. The molecular weight excluding hydrogens is 354 g/mol. The molecule has 28 heavy (non-hydrogen) atoms. The molecule has 140 valence electrons. The number of benzene rings is 3. The fourth-order valence-electron chi connectivity index (χ4n) is 2.96. The van der Waals surface area contributed by atoms with E-state index in [1.54, 1.807) is 24.3 Å². The van der Waals surface area contributed by atoms with Gasteiger partial charge in [0.05, 0.1) is 11.9 Å². The quantitative estimate of drug-likeness (QED) is 0.562. The molecule has 4 aromatic rings. The second-order valence-corrected chi connectivity index (χ2v) is 6.45. The molecule has 6 heteroatoms. The molecular formula is C22H19N3O3. The Kier molecular flexibility index (Phi) is 5.12. The summed E-state index contributed by atoms with van der Waals surface area (Å²) in [7, 11) is 0. The van der Waals surface area contributed by atoms with Crippen LogP contribution in [0.3, 0.4) is 0 Å². The highest BCUT2D eigenvalue weighted by Gasteiger charge is 2.11. The number of ether oxygens (including phenoxy) is 1. The number of hydrogen-bond donors (Lipinski definition) is 1. The summed E-state index contributed by atoms with van der Waals surface area (Å²) in [4.78, 5) is 12.4. The van der Waals surface area contributed by atoms with Crippen molar-refractivity contribution in [2.75, 3.05) is 6.61 Å². The SMILES string of the molecule is O=c1c2ccccc2nnn1CC(O)COc1ccc(-c2ccccc2)cc1. The summed E-state index contributed by atoms with van der Waals surface area (Å²) in [6, 6.07) is 24.7. The fraction of sp³-hybridized carbons (Fsp3) is 0.136. The lowest BCUT2D eigenvalue weighted by atomic mass is 10.1. The number of aliphatic hydroxyl groups is 1.